The van der Waals surface area contributed by atoms with Gasteiger partial charge in [0.05, 0.1) is 5.69 Å². The third-order valence-electron chi connectivity index (χ3n) is 4.04. The molecule has 0 saturated carbocycles. The van der Waals surface area contributed by atoms with Crippen molar-refractivity contribution < 1.29 is 9.63 Å². The quantitative estimate of drug-likeness (QED) is 0.829. The molecule has 0 spiro atoms. The van der Waals surface area contributed by atoms with Gasteiger partial charge in [-0.3, -0.25) is 9.48 Å². The van der Waals surface area contributed by atoms with Crippen molar-refractivity contribution in [2.75, 3.05) is 6.54 Å². The molecule has 1 aromatic carbocycles. The monoisotopic (exact) mass is 326 g/mol. The molecule has 0 radical (unpaired) electrons. The van der Waals surface area contributed by atoms with Gasteiger partial charge in [-0.25, -0.2) is 0 Å². The van der Waals surface area contributed by atoms with Gasteiger partial charge >= 0.3 is 0 Å². The molecule has 2 aromatic rings. The van der Waals surface area contributed by atoms with Gasteiger partial charge in [-0.15, -0.1) is 0 Å². The average Bonchev–Trinajstić information content (AvgIpc) is 3.19. The zero-order chi connectivity index (χ0) is 16.9. The summed E-state index contributed by atoms with van der Waals surface area (Å²) < 4.78 is 1.96. The Kier molecular flexibility index (Phi) is 4.93. The minimum Gasteiger partial charge on any atom is -0.387 e. The molecule has 6 nitrogen and oxygen atoms in total. The maximum absolute atomic E-state index is 12.2. The molecule has 0 bridgehead atoms. The first-order valence-electron chi connectivity index (χ1n) is 8.20. The van der Waals surface area contributed by atoms with Crippen LogP contribution in [0.2, 0.25) is 0 Å². The molecule has 24 heavy (non-hydrogen) atoms. The van der Waals surface area contributed by atoms with Gasteiger partial charge in [0.15, 0.2) is 6.10 Å². The predicted octanol–water partition coefficient (Wildman–Crippen LogP) is 2.52. The van der Waals surface area contributed by atoms with Crippen LogP contribution >= 0.6 is 0 Å². The van der Waals surface area contributed by atoms with E-state index in [-0.39, 0.29) is 12.0 Å². The Bertz CT molecular complexity index is 737. The molecule has 1 aliphatic rings. The van der Waals surface area contributed by atoms with Crippen molar-refractivity contribution in [1.29, 1.82) is 0 Å². The van der Waals surface area contributed by atoms with E-state index in [2.05, 4.69) is 15.6 Å². The van der Waals surface area contributed by atoms with Crippen LogP contribution in [0.4, 0.5) is 0 Å². The van der Waals surface area contributed by atoms with Crippen LogP contribution in [0.3, 0.4) is 0 Å². The Morgan fingerprint density at radius 3 is 2.83 bits per heavy atom. The van der Waals surface area contributed by atoms with E-state index >= 15 is 0 Å². The number of carbonyl (C=O) groups is 1. The summed E-state index contributed by atoms with van der Waals surface area (Å²) >= 11 is 0. The Morgan fingerprint density at radius 2 is 2.12 bits per heavy atom. The van der Waals surface area contributed by atoms with E-state index in [9.17, 15) is 4.79 Å². The molecule has 0 fully saturated rings. The maximum atomic E-state index is 12.2. The number of amides is 1. The van der Waals surface area contributed by atoms with Crippen molar-refractivity contribution in [2.24, 2.45) is 5.16 Å². The van der Waals surface area contributed by atoms with Gasteiger partial charge in [0.2, 0.25) is 0 Å². The van der Waals surface area contributed by atoms with Crippen LogP contribution in [0, 0.1) is 13.8 Å². The van der Waals surface area contributed by atoms with E-state index in [4.69, 9.17) is 4.84 Å². The Labute approximate surface area is 141 Å². The molecule has 1 unspecified atom stereocenters. The standard InChI is InChI=1S/C18H22N4O2/c1-13-11-14(2)22(20-13)10-6-9-19-18(23)16-12-17(24-21-16)15-7-4-3-5-8-15/h3-5,7-8,11,17H,6,9-10,12H2,1-2H3,(H,19,23). The number of benzene rings is 1. The van der Waals surface area contributed by atoms with Crippen LogP contribution in [0.15, 0.2) is 41.6 Å². The van der Waals surface area contributed by atoms with Crippen LogP contribution in [-0.2, 0) is 16.2 Å². The fraction of sp³-hybridized carbons (Fsp3) is 0.389. The first kappa shape index (κ1) is 16.2. The minimum atomic E-state index is -0.165. The molecule has 1 aliphatic heterocycles. The molecule has 1 amide bonds. The third kappa shape index (κ3) is 3.82. The minimum absolute atomic E-state index is 0.151. The van der Waals surface area contributed by atoms with Gasteiger partial charge in [-0.2, -0.15) is 5.10 Å². The highest BCUT2D eigenvalue weighted by molar-refractivity contribution is 6.39. The zero-order valence-electron chi connectivity index (χ0n) is 14.0. The number of rotatable bonds is 6. The third-order valence-corrected chi connectivity index (χ3v) is 4.04. The van der Waals surface area contributed by atoms with Gasteiger partial charge in [0.25, 0.3) is 5.91 Å². The van der Waals surface area contributed by atoms with Gasteiger partial charge in [0.1, 0.15) is 5.71 Å². The molecule has 1 aromatic heterocycles. The SMILES string of the molecule is Cc1cc(C)n(CCCNC(=O)C2=NOC(c3ccccc3)C2)n1. The number of hydrogen-bond donors (Lipinski definition) is 1. The molecule has 126 valence electrons. The lowest BCUT2D eigenvalue weighted by Crippen LogP contribution is -2.31. The summed E-state index contributed by atoms with van der Waals surface area (Å²) in [7, 11) is 0. The summed E-state index contributed by atoms with van der Waals surface area (Å²) in [6, 6.07) is 11.9. The summed E-state index contributed by atoms with van der Waals surface area (Å²) in [4.78, 5) is 17.5. The number of nitrogens with one attached hydrogen (secondary N) is 1. The van der Waals surface area contributed by atoms with Gasteiger partial charge in [-0.05, 0) is 31.9 Å². The van der Waals surface area contributed by atoms with E-state index in [0.29, 0.717) is 18.7 Å². The van der Waals surface area contributed by atoms with Gasteiger partial charge in [0, 0.05) is 25.2 Å². The zero-order valence-corrected chi connectivity index (χ0v) is 14.0. The van der Waals surface area contributed by atoms with Crippen molar-refractivity contribution in [3.63, 3.8) is 0 Å². The molecular weight excluding hydrogens is 304 g/mol. The highest BCUT2D eigenvalue weighted by atomic mass is 16.6. The van der Waals surface area contributed by atoms with Crippen LogP contribution < -0.4 is 5.32 Å². The molecule has 3 rings (SSSR count). The van der Waals surface area contributed by atoms with E-state index in [1.807, 2.05) is 54.9 Å². The fourth-order valence-electron chi connectivity index (χ4n) is 2.79. The highest BCUT2D eigenvalue weighted by Crippen LogP contribution is 2.26. The molecule has 1 N–H and O–H groups in total. The molecule has 0 saturated heterocycles. The van der Waals surface area contributed by atoms with E-state index in [1.165, 1.54) is 0 Å². The van der Waals surface area contributed by atoms with Crippen molar-refractivity contribution in [3.8, 4) is 0 Å². The highest BCUT2D eigenvalue weighted by Gasteiger charge is 2.26. The molecular formula is C18H22N4O2. The summed E-state index contributed by atoms with van der Waals surface area (Å²) in [6.07, 6.45) is 1.17. The van der Waals surface area contributed by atoms with Crippen LogP contribution in [0.5, 0.6) is 0 Å². The van der Waals surface area contributed by atoms with Crippen LogP contribution in [0.1, 0.15) is 35.9 Å². The number of aryl methyl sites for hydroxylation is 3. The topological polar surface area (TPSA) is 68.5 Å². The number of oxime groups is 1. The number of carbonyl (C=O) groups excluding carboxylic acids is 1. The van der Waals surface area contributed by atoms with Crippen molar-refractivity contribution in [3.05, 3.63) is 53.3 Å². The van der Waals surface area contributed by atoms with Gasteiger partial charge < -0.3 is 10.2 Å². The van der Waals surface area contributed by atoms with Crippen molar-refractivity contribution >= 4 is 11.6 Å². The summed E-state index contributed by atoms with van der Waals surface area (Å²) in [5.74, 6) is -0.151. The molecule has 1 atom stereocenters. The normalized spacial score (nSPS) is 16.6. The molecule has 6 heteroatoms. The summed E-state index contributed by atoms with van der Waals surface area (Å²) in [5, 5.41) is 11.2. The summed E-state index contributed by atoms with van der Waals surface area (Å²) in [5.41, 5.74) is 3.64. The predicted molar refractivity (Wildman–Crippen MR) is 91.6 cm³/mol. The second-order valence-corrected chi connectivity index (χ2v) is 6.01. The summed E-state index contributed by atoms with van der Waals surface area (Å²) in [6.45, 7) is 5.39. The second-order valence-electron chi connectivity index (χ2n) is 6.01. The van der Waals surface area contributed by atoms with Crippen LogP contribution in [-0.4, -0.2) is 27.9 Å². The van der Waals surface area contributed by atoms with E-state index in [1.54, 1.807) is 0 Å². The number of hydrogen-bond acceptors (Lipinski definition) is 4. The van der Waals surface area contributed by atoms with Crippen molar-refractivity contribution in [1.82, 2.24) is 15.1 Å². The first-order valence-corrected chi connectivity index (χ1v) is 8.20. The van der Waals surface area contributed by atoms with E-state index in [0.717, 1.165) is 29.9 Å². The lowest BCUT2D eigenvalue weighted by Gasteiger charge is -2.08. The first-order chi connectivity index (χ1) is 11.6. The fourth-order valence-corrected chi connectivity index (χ4v) is 2.79. The van der Waals surface area contributed by atoms with Gasteiger partial charge in [-0.1, -0.05) is 35.5 Å². The van der Waals surface area contributed by atoms with E-state index < -0.39 is 0 Å². The Morgan fingerprint density at radius 1 is 1.33 bits per heavy atom. The molecule has 2 heterocycles. The van der Waals surface area contributed by atoms with Crippen LogP contribution in [0.25, 0.3) is 0 Å². The van der Waals surface area contributed by atoms with Crippen molar-refractivity contribution in [2.45, 2.75) is 39.3 Å². The molecule has 0 aliphatic carbocycles. The average molecular weight is 326 g/mol. The largest absolute Gasteiger partial charge is 0.387 e. The maximum Gasteiger partial charge on any atom is 0.269 e. The number of nitrogens with zero attached hydrogens (tertiary/aromatic N) is 3. The second kappa shape index (κ2) is 7.29. The Balaban J connectivity index is 1.42. The lowest BCUT2D eigenvalue weighted by atomic mass is 10.0. The number of aromatic nitrogens is 2. The Hall–Kier alpha value is -2.63. The lowest BCUT2D eigenvalue weighted by molar-refractivity contribution is -0.114. The smallest absolute Gasteiger partial charge is 0.269 e.